The summed E-state index contributed by atoms with van der Waals surface area (Å²) in [7, 11) is -1.72. The molecule has 0 saturated carbocycles. The van der Waals surface area contributed by atoms with Gasteiger partial charge in [-0.05, 0) is 43.9 Å². The van der Waals surface area contributed by atoms with Gasteiger partial charge in [0.05, 0.1) is 24.2 Å². The number of hydrogen-bond acceptors (Lipinski definition) is 4. The molecule has 0 radical (unpaired) electrons. The Hall–Kier alpha value is -0.590. The molecule has 0 bridgehead atoms. The second-order valence-electron chi connectivity index (χ2n) is 5.59. The van der Waals surface area contributed by atoms with E-state index in [2.05, 4.69) is 15.9 Å². The van der Waals surface area contributed by atoms with Crippen molar-refractivity contribution >= 4 is 25.8 Å². The molecule has 118 valence electrons. The normalized spacial score (nSPS) is 22.8. The first kappa shape index (κ1) is 16.8. The maximum absolute atomic E-state index is 12.3. The fourth-order valence-electron chi connectivity index (χ4n) is 3.02. The van der Waals surface area contributed by atoms with Gasteiger partial charge in [-0.15, -0.1) is 0 Å². The molecule has 0 aliphatic carbocycles. The molecule has 0 aromatic heterocycles. The lowest BCUT2D eigenvalue weighted by Gasteiger charge is -2.29. The Bertz CT molecular complexity index is 640. The van der Waals surface area contributed by atoms with Gasteiger partial charge in [0.2, 0.25) is 0 Å². The van der Waals surface area contributed by atoms with Crippen molar-refractivity contribution in [3.63, 3.8) is 0 Å². The van der Waals surface area contributed by atoms with Crippen molar-refractivity contribution in [2.75, 3.05) is 12.9 Å². The number of sulfone groups is 1. The summed E-state index contributed by atoms with van der Waals surface area (Å²) in [5, 5.41) is 10.00. The number of hydrogen-bond donors (Lipinski definition) is 1. The predicted octanol–water partition coefficient (Wildman–Crippen LogP) is 3.08. The highest BCUT2D eigenvalue weighted by Crippen LogP contribution is 2.40. The van der Waals surface area contributed by atoms with E-state index in [0.717, 1.165) is 22.0 Å². The first-order valence-corrected chi connectivity index (χ1v) is 9.53. The molecule has 2 unspecified atom stereocenters. The average molecular weight is 377 g/mol. The van der Waals surface area contributed by atoms with Crippen molar-refractivity contribution in [2.45, 2.75) is 44.5 Å². The third kappa shape index (κ3) is 3.12. The van der Waals surface area contributed by atoms with Crippen molar-refractivity contribution in [1.82, 2.24) is 0 Å². The molecule has 1 N–H and O–H groups in total. The zero-order valence-corrected chi connectivity index (χ0v) is 14.9. The number of methoxy groups -OCH3 is 1. The maximum atomic E-state index is 12.3. The lowest BCUT2D eigenvalue weighted by atomic mass is 9.95. The van der Waals surface area contributed by atoms with E-state index in [1.165, 1.54) is 0 Å². The van der Waals surface area contributed by atoms with E-state index in [4.69, 9.17) is 4.74 Å². The molecule has 4 nitrogen and oxygen atoms in total. The summed E-state index contributed by atoms with van der Waals surface area (Å²) in [5.41, 5.74) is 2.28. The fourth-order valence-corrected chi connectivity index (χ4v) is 5.54. The number of rotatable bonds is 3. The Morgan fingerprint density at radius 1 is 1.38 bits per heavy atom. The molecule has 1 aliphatic rings. The molecule has 1 saturated heterocycles. The van der Waals surface area contributed by atoms with Gasteiger partial charge < -0.3 is 9.84 Å². The van der Waals surface area contributed by atoms with E-state index in [-0.39, 0.29) is 5.75 Å². The molecule has 1 heterocycles. The smallest absolute Gasteiger partial charge is 0.156 e. The summed E-state index contributed by atoms with van der Waals surface area (Å²) in [5.74, 6) is 0.729. The average Bonchev–Trinajstić information content (AvgIpc) is 2.41. The molecule has 2 atom stereocenters. The van der Waals surface area contributed by atoms with Crippen molar-refractivity contribution < 1.29 is 18.3 Å². The van der Waals surface area contributed by atoms with Crippen LogP contribution in [0.4, 0.5) is 0 Å². The third-order valence-corrected chi connectivity index (χ3v) is 7.29. The summed E-state index contributed by atoms with van der Waals surface area (Å²) in [6.45, 7) is 3.74. The van der Waals surface area contributed by atoms with Crippen molar-refractivity contribution in [1.29, 1.82) is 0 Å². The first-order chi connectivity index (χ1) is 9.79. The Morgan fingerprint density at radius 2 is 2.05 bits per heavy atom. The van der Waals surface area contributed by atoms with Crippen molar-refractivity contribution in [3.05, 3.63) is 27.2 Å². The van der Waals surface area contributed by atoms with Crippen LogP contribution in [0.3, 0.4) is 0 Å². The minimum absolute atomic E-state index is 0.156. The summed E-state index contributed by atoms with van der Waals surface area (Å²) < 4.78 is 30.8. The zero-order valence-electron chi connectivity index (χ0n) is 12.5. The quantitative estimate of drug-likeness (QED) is 0.880. The van der Waals surface area contributed by atoms with E-state index in [1.807, 2.05) is 19.9 Å². The Balaban J connectivity index is 2.55. The van der Waals surface area contributed by atoms with Gasteiger partial charge in [-0.2, -0.15) is 0 Å². The molecule has 1 aromatic carbocycles. The molecular weight excluding hydrogens is 356 g/mol. The third-order valence-electron chi connectivity index (χ3n) is 4.19. The molecule has 0 amide bonds. The molecular formula is C15H21BrO4S. The van der Waals surface area contributed by atoms with E-state index in [0.29, 0.717) is 24.2 Å². The number of ether oxygens (including phenoxy) is 1. The Labute approximate surface area is 134 Å². The van der Waals surface area contributed by atoms with Gasteiger partial charge in [0, 0.05) is 10.0 Å². The highest BCUT2D eigenvalue weighted by atomic mass is 79.9. The van der Waals surface area contributed by atoms with E-state index in [1.54, 1.807) is 7.11 Å². The molecule has 1 aliphatic heterocycles. The van der Waals surface area contributed by atoms with Crippen LogP contribution in [0.25, 0.3) is 0 Å². The van der Waals surface area contributed by atoms with Gasteiger partial charge in [0.1, 0.15) is 5.75 Å². The molecule has 6 heteroatoms. The van der Waals surface area contributed by atoms with Crippen LogP contribution in [-0.4, -0.2) is 31.6 Å². The second kappa shape index (κ2) is 6.26. The van der Waals surface area contributed by atoms with Crippen LogP contribution in [0.1, 0.15) is 42.1 Å². The lowest BCUT2D eigenvalue weighted by molar-refractivity contribution is 0.159. The zero-order chi connectivity index (χ0) is 15.8. The second-order valence-corrected chi connectivity index (χ2v) is 8.79. The van der Waals surface area contributed by atoms with Gasteiger partial charge in [0.15, 0.2) is 9.84 Å². The topological polar surface area (TPSA) is 63.6 Å². The van der Waals surface area contributed by atoms with Gasteiger partial charge in [-0.1, -0.05) is 22.4 Å². The number of aliphatic hydroxyl groups is 1. The van der Waals surface area contributed by atoms with Crippen LogP contribution in [-0.2, 0) is 9.84 Å². The van der Waals surface area contributed by atoms with E-state index >= 15 is 0 Å². The predicted molar refractivity (Wildman–Crippen MR) is 86.6 cm³/mol. The summed E-state index contributed by atoms with van der Waals surface area (Å²) in [6, 6.07) is 1.92. The van der Waals surface area contributed by atoms with Gasteiger partial charge in [-0.3, -0.25) is 0 Å². The molecule has 1 aromatic rings. The van der Waals surface area contributed by atoms with E-state index in [9.17, 15) is 13.5 Å². The number of aliphatic hydroxyl groups excluding tert-OH is 1. The molecule has 1 fully saturated rings. The summed E-state index contributed by atoms with van der Waals surface area (Å²) in [4.78, 5) is 0. The largest absolute Gasteiger partial charge is 0.496 e. The summed E-state index contributed by atoms with van der Waals surface area (Å²) in [6.07, 6.45) is 0.952. The molecule has 21 heavy (non-hydrogen) atoms. The van der Waals surface area contributed by atoms with Crippen molar-refractivity contribution in [2.24, 2.45) is 0 Å². The van der Waals surface area contributed by atoms with Crippen LogP contribution in [0.2, 0.25) is 0 Å². The monoisotopic (exact) mass is 376 g/mol. The van der Waals surface area contributed by atoms with Crippen molar-refractivity contribution in [3.8, 4) is 5.75 Å². The highest BCUT2D eigenvalue weighted by Gasteiger charge is 2.37. The molecule has 0 spiro atoms. The van der Waals surface area contributed by atoms with Gasteiger partial charge in [0.25, 0.3) is 0 Å². The Kier molecular flexibility index (Phi) is 5.00. The first-order valence-electron chi connectivity index (χ1n) is 7.02. The highest BCUT2D eigenvalue weighted by molar-refractivity contribution is 9.10. The fraction of sp³-hybridized carbons (Fsp3) is 0.600. The van der Waals surface area contributed by atoms with Crippen LogP contribution in [0.15, 0.2) is 10.5 Å². The number of benzene rings is 1. The number of aryl methyl sites for hydroxylation is 1. The van der Waals surface area contributed by atoms with Gasteiger partial charge >= 0.3 is 0 Å². The van der Waals surface area contributed by atoms with Crippen LogP contribution in [0, 0.1) is 13.8 Å². The van der Waals surface area contributed by atoms with E-state index < -0.39 is 21.2 Å². The minimum Gasteiger partial charge on any atom is -0.496 e. The maximum Gasteiger partial charge on any atom is 0.156 e. The molecule has 2 rings (SSSR count). The standard InChI is InChI=1S/C15H21BrO4S/c1-9-8-11(16)10(2)13(15(9)20-3)14(17)12-6-4-5-7-21(12,18)19/h8,12,14,17H,4-7H2,1-3H3. The van der Waals surface area contributed by atoms with Crippen LogP contribution >= 0.6 is 15.9 Å². The van der Waals surface area contributed by atoms with Crippen LogP contribution < -0.4 is 4.74 Å². The Morgan fingerprint density at radius 3 is 2.62 bits per heavy atom. The summed E-state index contributed by atoms with van der Waals surface area (Å²) >= 11 is 3.46. The minimum atomic E-state index is -3.26. The SMILES string of the molecule is COc1c(C)cc(Br)c(C)c1C(O)C1CCCCS1(=O)=O. The van der Waals surface area contributed by atoms with Crippen LogP contribution in [0.5, 0.6) is 5.75 Å². The number of halogens is 1. The van der Waals surface area contributed by atoms with Gasteiger partial charge in [-0.25, -0.2) is 8.42 Å². The lowest BCUT2D eigenvalue weighted by Crippen LogP contribution is -2.34.